The quantitative estimate of drug-likeness (QED) is 0.877. The molecule has 1 aromatic carbocycles. The van der Waals surface area contributed by atoms with Gasteiger partial charge in [-0.3, -0.25) is 9.59 Å². The second kappa shape index (κ2) is 7.68. The number of benzene rings is 1. The van der Waals surface area contributed by atoms with Crippen molar-refractivity contribution in [2.24, 2.45) is 5.92 Å². The van der Waals surface area contributed by atoms with E-state index in [1.165, 1.54) is 18.6 Å². The number of carboxylic acid groups (broad SMARTS) is 1. The average Bonchev–Trinajstić information content (AvgIpc) is 3.10. The van der Waals surface area contributed by atoms with E-state index in [9.17, 15) is 14.4 Å². The Kier molecular flexibility index (Phi) is 5.36. The Balaban J connectivity index is 1.55. The third kappa shape index (κ3) is 4.18. The van der Waals surface area contributed by atoms with E-state index in [2.05, 4.69) is 5.32 Å². The van der Waals surface area contributed by atoms with Gasteiger partial charge in [0.15, 0.2) is 0 Å². The molecule has 6 nitrogen and oxygen atoms in total. The molecule has 1 aromatic rings. The van der Waals surface area contributed by atoms with Gasteiger partial charge in [0.1, 0.15) is 0 Å². The molecule has 0 radical (unpaired) electrons. The van der Waals surface area contributed by atoms with Crippen LogP contribution in [0.4, 0.5) is 0 Å². The minimum Gasteiger partial charge on any atom is -0.478 e. The average molecular weight is 344 g/mol. The third-order valence-corrected chi connectivity index (χ3v) is 5.16. The largest absolute Gasteiger partial charge is 0.478 e. The topological polar surface area (TPSA) is 86.7 Å². The summed E-state index contributed by atoms with van der Waals surface area (Å²) in [7, 11) is 0. The van der Waals surface area contributed by atoms with E-state index < -0.39 is 5.97 Å². The fraction of sp³-hybridized carbons (Fsp3) is 0.526. The summed E-state index contributed by atoms with van der Waals surface area (Å²) in [4.78, 5) is 37.8. The number of carbonyl (C=O) groups excluding carboxylic acids is 2. The first kappa shape index (κ1) is 17.5. The molecule has 1 saturated carbocycles. The number of hydrogen-bond donors (Lipinski definition) is 2. The van der Waals surface area contributed by atoms with Crippen LogP contribution in [-0.2, 0) is 4.79 Å². The van der Waals surface area contributed by atoms with Crippen molar-refractivity contribution in [2.75, 3.05) is 13.1 Å². The molecule has 134 valence electrons. The summed E-state index contributed by atoms with van der Waals surface area (Å²) >= 11 is 0. The van der Waals surface area contributed by atoms with Gasteiger partial charge in [0.25, 0.3) is 5.91 Å². The number of nitrogens with one attached hydrogen (secondary N) is 1. The van der Waals surface area contributed by atoms with Crippen molar-refractivity contribution in [3.05, 3.63) is 35.4 Å². The minimum atomic E-state index is -1.06. The van der Waals surface area contributed by atoms with Gasteiger partial charge in [-0.15, -0.1) is 0 Å². The Hall–Kier alpha value is -2.37. The van der Waals surface area contributed by atoms with E-state index in [1.807, 2.05) is 4.90 Å². The van der Waals surface area contributed by atoms with Gasteiger partial charge >= 0.3 is 5.97 Å². The lowest BCUT2D eigenvalue weighted by Gasteiger charge is -2.26. The van der Waals surface area contributed by atoms with Crippen molar-refractivity contribution in [1.82, 2.24) is 10.2 Å². The molecule has 2 aliphatic rings. The predicted molar refractivity (Wildman–Crippen MR) is 92.4 cm³/mol. The second-order valence-corrected chi connectivity index (χ2v) is 6.96. The molecule has 1 heterocycles. The standard InChI is InChI=1S/C19H24N2O4/c22-17(14-7-4-8-15(11-14)19(24)25)20-16-9-10-21(12-16)18(23)13-5-2-1-3-6-13/h4,7-8,11,13,16H,1-3,5-6,9-10,12H2,(H,20,22)(H,24,25)/t16-/m1/s1. The molecule has 0 unspecified atom stereocenters. The van der Waals surface area contributed by atoms with Gasteiger partial charge in [0, 0.05) is 30.6 Å². The fourth-order valence-corrected chi connectivity index (χ4v) is 3.75. The predicted octanol–water partition coefficient (Wildman–Crippen LogP) is 2.30. The molecule has 6 heteroatoms. The molecule has 1 atom stereocenters. The van der Waals surface area contributed by atoms with Gasteiger partial charge in [-0.1, -0.05) is 25.3 Å². The maximum atomic E-state index is 12.6. The maximum Gasteiger partial charge on any atom is 0.335 e. The van der Waals surface area contributed by atoms with Gasteiger partial charge in [-0.25, -0.2) is 4.79 Å². The summed E-state index contributed by atoms with van der Waals surface area (Å²) < 4.78 is 0. The van der Waals surface area contributed by atoms with E-state index in [1.54, 1.807) is 12.1 Å². The monoisotopic (exact) mass is 344 g/mol. The molecular weight excluding hydrogens is 320 g/mol. The number of carbonyl (C=O) groups is 3. The molecule has 3 rings (SSSR count). The molecule has 25 heavy (non-hydrogen) atoms. The Labute approximate surface area is 147 Å². The molecular formula is C19H24N2O4. The summed E-state index contributed by atoms with van der Waals surface area (Å²) in [5.41, 5.74) is 0.421. The molecule has 1 aliphatic heterocycles. The van der Waals surface area contributed by atoms with Gasteiger partial charge in [-0.05, 0) is 37.5 Å². The SMILES string of the molecule is O=C(O)c1cccc(C(=O)N[C@@H]2CCN(C(=O)C3CCCCC3)C2)c1. The summed E-state index contributed by atoms with van der Waals surface area (Å²) in [5, 5.41) is 11.9. The van der Waals surface area contributed by atoms with Gasteiger partial charge in [0.2, 0.25) is 5.91 Å². The van der Waals surface area contributed by atoms with Crippen LogP contribution in [0.25, 0.3) is 0 Å². The minimum absolute atomic E-state index is 0.0754. The highest BCUT2D eigenvalue weighted by Gasteiger charge is 2.32. The van der Waals surface area contributed by atoms with E-state index in [0.717, 1.165) is 32.1 Å². The van der Waals surface area contributed by atoms with Crippen molar-refractivity contribution in [3.8, 4) is 0 Å². The van der Waals surface area contributed by atoms with Gasteiger partial charge < -0.3 is 15.3 Å². The number of carboxylic acids is 1. The summed E-state index contributed by atoms with van der Waals surface area (Å²) in [6, 6.07) is 5.92. The molecule has 2 fully saturated rings. The zero-order valence-electron chi connectivity index (χ0n) is 14.2. The van der Waals surface area contributed by atoms with Crippen molar-refractivity contribution >= 4 is 17.8 Å². The van der Waals surface area contributed by atoms with Crippen LogP contribution in [0.15, 0.2) is 24.3 Å². The first-order valence-electron chi connectivity index (χ1n) is 8.97. The molecule has 2 amide bonds. The Morgan fingerprint density at radius 1 is 1.04 bits per heavy atom. The maximum absolute atomic E-state index is 12.6. The molecule has 1 aliphatic carbocycles. The Morgan fingerprint density at radius 2 is 1.76 bits per heavy atom. The number of hydrogen-bond acceptors (Lipinski definition) is 3. The lowest BCUT2D eigenvalue weighted by atomic mass is 9.88. The van der Waals surface area contributed by atoms with Crippen LogP contribution >= 0.6 is 0 Å². The molecule has 0 bridgehead atoms. The Morgan fingerprint density at radius 3 is 2.48 bits per heavy atom. The van der Waals surface area contributed by atoms with Crippen molar-refractivity contribution in [2.45, 2.75) is 44.6 Å². The second-order valence-electron chi connectivity index (χ2n) is 6.96. The van der Waals surface area contributed by atoms with Crippen molar-refractivity contribution in [1.29, 1.82) is 0 Å². The summed E-state index contributed by atoms with van der Waals surface area (Å²) in [6.07, 6.45) is 6.18. The smallest absolute Gasteiger partial charge is 0.335 e. The van der Waals surface area contributed by atoms with Crippen LogP contribution < -0.4 is 5.32 Å². The highest BCUT2D eigenvalue weighted by Crippen LogP contribution is 2.26. The van der Waals surface area contributed by atoms with Crippen LogP contribution in [0.5, 0.6) is 0 Å². The zero-order valence-corrected chi connectivity index (χ0v) is 14.2. The van der Waals surface area contributed by atoms with E-state index in [0.29, 0.717) is 18.7 Å². The number of aromatic carboxylic acids is 1. The number of likely N-dealkylation sites (tertiary alicyclic amines) is 1. The molecule has 0 aromatic heterocycles. The van der Waals surface area contributed by atoms with Gasteiger partial charge in [-0.2, -0.15) is 0 Å². The molecule has 1 saturated heterocycles. The first-order valence-corrected chi connectivity index (χ1v) is 8.97. The molecule has 0 spiro atoms. The number of amides is 2. The van der Waals surface area contributed by atoms with Gasteiger partial charge in [0.05, 0.1) is 5.56 Å². The third-order valence-electron chi connectivity index (χ3n) is 5.16. The fourth-order valence-electron chi connectivity index (χ4n) is 3.75. The zero-order chi connectivity index (χ0) is 17.8. The van der Waals surface area contributed by atoms with Crippen LogP contribution in [-0.4, -0.2) is 46.9 Å². The van der Waals surface area contributed by atoms with E-state index >= 15 is 0 Å². The lowest BCUT2D eigenvalue weighted by Crippen LogP contribution is -2.40. The van der Waals surface area contributed by atoms with Crippen LogP contribution in [0.3, 0.4) is 0 Å². The van der Waals surface area contributed by atoms with Crippen molar-refractivity contribution < 1.29 is 19.5 Å². The normalized spacial score (nSPS) is 21.1. The Bertz CT molecular complexity index is 667. The molecule has 2 N–H and O–H groups in total. The lowest BCUT2D eigenvalue weighted by molar-refractivity contribution is -0.135. The van der Waals surface area contributed by atoms with Crippen molar-refractivity contribution in [3.63, 3.8) is 0 Å². The van der Waals surface area contributed by atoms with Crippen LogP contribution in [0.2, 0.25) is 0 Å². The number of rotatable bonds is 4. The summed E-state index contributed by atoms with van der Waals surface area (Å²) in [6.45, 7) is 1.22. The van der Waals surface area contributed by atoms with Crippen LogP contribution in [0.1, 0.15) is 59.2 Å². The van der Waals surface area contributed by atoms with Crippen LogP contribution in [0, 0.1) is 5.92 Å². The highest BCUT2D eigenvalue weighted by molar-refractivity contribution is 5.97. The first-order chi connectivity index (χ1) is 12.0. The number of nitrogens with zero attached hydrogens (tertiary/aromatic N) is 1. The van der Waals surface area contributed by atoms with E-state index in [4.69, 9.17) is 5.11 Å². The summed E-state index contributed by atoms with van der Waals surface area (Å²) in [5.74, 6) is -0.973. The van der Waals surface area contributed by atoms with E-state index in [-0.39, 0.29) is 29.3 Å². The highest BCUT2D eigenvalue weighted by atomic mass is 16.4.